The van der Waals surface area contributed by atoms with Crippen LogP contribution in [0.3, 0.4) is 0 Å². The van der Waals surface area contributed by atoms with Crippen LogP contribution in [0.5, 0.6) is 5.75 Å². The lowest BCUT2D eigenvalue weighted by atomic mass is 9.89. The SMILES string of the molecule is NC(=O)c1ccc(OCC(=O)N2CCCN(CC3CCCCC3)CC2)cc1. The number of benzene rings is 1. The summed E-state index contributed by atoms with van der Waals surface area (Å²) < 4.78 is 5.59. The van der Waals surface area contributed by atoms with E-state index in [0.717, 1.165) is 38.5 Å². The van der Waals surface area contributed by atoms with Crippen molar-refractivity contribution >= 4 is 11.8 Å². The van der Waals surface area contributed by atoms with Crippen molar-refractivity contribution in [2.75, 3.05) is 39.3 Å². The van der Waals surface area contributed by atoms with E-state index in [-0.39, 0.29) is 12.5 Å². The third kappa shape index (κ3) is 5.96. The van der Waals surface area contributed by atoms with Gasteiger partial charge in [-0.2, -0.15) is 0 Å². The molecule has 1 saturated carbocycles. The van der Waals surface area contributed by atoms with Crippen molar-refractivity contribution in [1.82, 2.24) is 9.80 Å². The zero-order chi connectivity index (χ0) is 19.1. The summed E-state index contributed by atoms with van der Waals surface area (Å²) in [5.74, 6) is 0.961. The van der Waals surface area contributed by atoms with Crippen LogP contribution < -0.4 is 10.5 Å². The average molecular weight is 373 g/mol. The minimum Gasteiger partial charge on any atom is -0.484 e. The van der Waals surface area contributed by atoms with Crippen molar-refractivity contribution in [3.05, 3.63) is 29.8 Å². The lowest BCUT2D eigenvalue weighted by Gasteiger charge is -2.28. The molecule has 0 atom stereocenters. The topological polar surface area (TPSA) is 75.9 Å². The second kappa shape index (κ2) is 9.74. The van der Waals surface area contributed by atoms with Gasteiger partial charge in [0.15, 0.2) is 6.61 Å². The number of hydrogen-bond acceptors (Lipinski definition) is 4. The van der Waals surface area contributed by atoms with Crippen molar-refractivity contribution in [2.45, 2.75) is 38.5 Å². The molecular weight excluding hydrogens is 342 g/mol. The first-order chi connectivity index (χ1) is 13.1. The van der Waals surface area contributed by atoms with Crippen LogP contribution in [-0.4, -0.2) is 60.9 Å². The number of nitrogens with zero attached hydrogens (tertiary/aromatic N) is 2. The monoisotopic (exact) mass is 373 g/mol. The molecule has 2 fully saturated rings. The molecular formula is C21H31N3O3. The molecule has 1 heterocycles. The molecule has 6 nitrogen and oxygen atoms in total. The molecule has 148 valence electrons. The van der Waals surface area contributed by atoms with Crippen molar-refractivity contribution in [3.63, 3.8) is 0 Å². The highest BCUT2D eigenvalue weighted by molar-refractivity contribution is 5.92. The Morgan fingerprint density at radius 2 is 1.70 bits per heavy atom. The summed E-state index contributed by atoms with van der Waals surface area (Å²) in [6, 6.07) is 6.55. The summed E-state index contributed by atoms with van der Waals surface area (Å²) in [7, 11) is 0. The summed E-state index contributed by atoms with van der Waals surface area (Å²) in [5.41, 5.74) is 5.65. The van der Waals surface area contributed by atoms with E-state index >= 15 is 0 Å². The van der Waals surface area contributed by atoms with Gasteiger partial charge in [-0.3, -0.25) is 9.59 Å². The Morgan fingerprint density at radius 1 is 0.963 bits per heavy atom. The molecule has 27 heavy (non-hydrogen) atoms. The number of nitrogens with two attached hydrogens (primary N) is 1. The Kier molecular flexibility index (Phi) is 7.10. The van der Waals surface area contributed by atoms with E-state index in [4.69, 9.17) is 10.5 Å². The number of ether oxygens (including phenoxy) is 1. The van der Waals surface area contributed by atoms with E-state index < -0.39 is 5.91 Å². The molecule has 2 N–H and O–H groups in total. The van der Waals surface area contributed by atoms with Crippen molar-refractivity contribution in [2.24, 2.45) is 11.7 Å². The van der Waals surface area contributed by atoms with Gasteiger partial charge in [-0.05, 0) is 56.0 Å². The van der Waals surface area contributed by atoms with E-state index in [1.54, 1.807) is 24.3 Å². The molecule has 0 unspecified atom stereocenters. The number of amides is 2. The molecule has 1 saturated heterocycles. The van der Waals surface area contributed by atoms with Crippen molar-refractivity contribution in [3.8, 4) is 5.75 Å². The van der Waals surface area contributed by atoms with E-state index in [0.29, 0.717) is 11.3 Å². The van der Waals surface area contributed by atoms with Crippen LogP contribution in [0.15, 0.2) is 24.3 Å². The molecule has 1 aromatic carbocycles. The minimum atomic E-state index is -0.472. The fourth-order valence-electron chi connectivity index (χ4n) is 4.09. The molecule has 1 aromatic rings. The summed E-state index contributed by atoms with van der Waals surface area (Å²) in [6.45, 7) is 4.81. The second-order valence-corrected chi connectivity index (χ2v) is 7.72. The van der Waals surface area contributed by atoms with Gasteiger partial charge in [-0.25, -0.2) is 0 Å². The average Bonchev–Trinajstić information content (AvgIpc) is 2.93. The highest BCUT2D eigenvalue weighted by Gasteiger charge is 2.22. The first kappa shape index (κ1) is 19.7. The highest BCUT2D eigenvalue weighted by Crippen LogP contribution is 2.24. The van der Waals surface area contributed by atoms with Crippen molar-refractivity contribution < 1.29 is 14.3 Å². The molecule has 0 bridgehead atoms. The molecule has 3 rings (SSSR count). The van der Waals surface area contributed by atoms with Gasteiger partial charge in [-0.15, -0.1) is 0 Å². The lowest BCUT2D eigenvalue weighted by molar-refractivity contribution is -0.133. The normalized spacial score (nSPS) is 19.5. The van der Waals surface area contributed by atoms with Crippen LogP contribution in [0.25, 0.3) is 0 Å². The predicted molar refractivity (Wildman–Crippen MR) is 105 cm³/mol. The highest BCUT2D eigenvalue weighted by atomic mass is 16.5. The smallest absolute Gasteiger partial charge is 0.260 e. The van der Waals surface area contributed by atoms with Crippen LogP contribution in [0.1, 0.15) is 48.9 Å². The summed E-state index contributed by atoms with van der Waals surface area (Å²) >= 11 is 0. The maximum atomic E-state index is 12.5. The number of carbonyl (C=O) groups excluding carboxylic acids is 2. The van der Waals surface area contributed by atoms with Gasteiger partial charge in [0.1, 0.15) is 5.75 Å². The first-order valence-corrected chi connectivity index (χ1v) is 10.1. The second-order valence-electron chi connectivity index (χ2n) is 7.72. The summed E-state index contributed by atoms with van der Waals surface area (Å²) in [4.78, 5) is 28.0. The maximum Gasteiger partial charge on any atom is 0.260 e. The number of carbonyl (C=O) groups is 2. The van der Waals surface area contributed by atoms with Crippen LogP contribution in [0.4, 0.5) is 0 Å². The van der Waals surface area contributed by atoms with Crippen LogP contribution in [0, 0.1) is 5.92 Å². The standard InChI is InChI=1S/C21H31N3O3/c22-21(26)18-7-9-19(10-8-18)27-16-20(25)24-12-4-11-23(13-14-24)15-17-5-2-1-3-6-17/h7-10,17H,1-6,11-16H2,(H2,22,26). The number of hydrogen-bond donors (Lipinski definition) is 1. The fraction of sp³-hybridized carbons (Fsp3) is 0.619. The molecule has 0 aromatic heterocycles. The van der Waals surface area contributed by atoms with Gasteiger partial charge in [0, 0.05) is 31.7 Å². The number of primary amides is 1. The van der Waals surface area contributed by atoms with E-state index in [2.05, 4.69) is 4.90 Å². The first-order valence-electron chi connectivity index (χ1n) is 10.1. The fourth-order valence-corrected chi connectivity index (χ4v) is 4.09. The Labute approximate surface area is 161 Å². The van der Waals surface area contributed by atoms with Gasteiger partial charge in [-0.1, -0.05) is 19.3 Å². The largest absolute Gasteiger partial charge is 0.484 e. The van der Waals surface area contributed by atoms with E-state index in [9.17, 15) is 9.59 Å². The summed E-state index contributed by atoms with van der Waals surface area (Å²) in [6.07, 6.45) is 7.89. The van der Waals surface area contributed by atoms with Gasteiger partial charge >= 0.3 is 0 Å². The minimum absolute atomic E-state index is 0.0218. The maximum absolute atomic E-state index is 12.5. The van der Waals surface area contributed by atoms with Crippen LogP contribution in [0.2, 0.25) is 0 Å². The van der Waals surface area contributed by atoms with Crippen LogP contribution >= 0.6 is 0 Å². The zero-order valence-electron chi connectivity index (χ0n) is 16.1. The predicted octanol–water partition coefficient (Wildman–Crippen LogP) is 2.28. The molecule has 0 radical (unpaired) electrons. The Bertz CT molecular complexity index is 626. The molecule has 2 aliphatic rings. The molecule has 1 aliphatic heterocycles. The van der Waals surface area contributed by atoms with E-state index in [1.807, 2.05) is 4.90 Å². The molecule has 6 heteroatoms. The Morgan fingerprint density at radius 3 is 2.41 bits per heavy atom. The third-order valence-corrected chi connectivity index (χ3v) is 5.68. The van der Waals surface area contributed by atoms with Gasteiger partial charge in [0.05, 0.1) is 0 Å². The van der Waals surface area contributed by atoms with Gasteiger partial charge < -0.3 is 20.3 Å². The lowest BCUT2D eigenvalue weighted by Crippen LogP contribution is -2.39. The Balaban J connectivity index is 1.42. The zero-order valence-corrected chi connectivity index (χ0v) is 16.1. The molecule has 0 spiro atoms. The Hall–Kier alpha value is -2.08. The third-order valence-electron chi connectivity index (χ3n) is 5.68. The molecule has 1 aliphatic carbocycles. The van der Waals surface area contributed by atoms with E-state index in [1.165, 1.54) is 38.6 Å². The number of rotatable bonds is 6. The van der Waals surface area contributed by atoms with Gasteiger partial charge in [0.2, 0.25) is 5.91 Å². The molecule has 2 amide bonds. The van der Waals surface area contributed by atoms with Crippen LogP contribution in [-0.2, 0) is 4.79 Å². The van der Waals surface area contributed by atoms with Gasteiger partial charge in [0.25, 0.3) is 5.91 Å². The quantitative estimate of drug-likeness (QED) is 0.830. The van der Waals surface area contributed by atoms with Crippen molar-refractivity contribution in [1.29, 1.82) is 0 Å². The summed E-state index contributed by atoms with van der Waals surface area (Å²) in [5, 5.41) is 0.